The van der Waals surface area contributed by atoms with Gasteiger partial charge in [0.05, 0.1) is 6.54 Å². The van der Waals surface area contributed by atoms with Gasteiger partial charge < -0.3 is 10.6 Å². The quantitative estimate of drug-likeness (QED) is 0.866. The zero-order chi connectivity index (χ0) is 13.1. The summed E-state index contributed by atoms with van der Waals surface area (Å²) >= 11 is 1.57. The third-order valence-electron chi connectivity index (χ3n) is 3.32. The van der Waals surface area contributed by atoms with E-state index in [1.165, 1.54) is 0 Å². The Morgan fingerprint density at radius 2 is 2.11 bits per heavy atom. The number of hydrogen-bond donors (Lipinski definition) is 2. The highest BCUT2D eigenvalue weighted by molar-refractivity contribution is 7.11. The van der Waals surface area contributed by atoms with Crippen molar-refractivity contribution < 1.29 is 4.79 Å². The van der Waals surface area contributed by atoms with E-state index in [0.717, 1.165) is 23.1 Å². The number of aromatic nitrogens is 2. The van der Waals surface area contributed by atoms with Gasteiger partial charge in [0.1, 0.15) is 10.0 Å². The maximum absolute atomic E-state index is 11.9. The minimum absolute atomic E-state index is 0. The highest BCUT2D eigenvalue weighted by Gasteiger charge is 2.28. The van der Waals surface area contributed by atoms with Crippen molar-refractivity contribution in [2.75, 3.05) is 13.1 Å². The molecule has 0 bridgehead atoms. The van der Waals surface area contributed by atoms with Crippen LogP contribution in [0.3, 0.4) is 0 Å². The van der Waals surface area contributed by atoms with E-state index in [-0.39, 0.29) is 24.2 Å². The summed E-state index contributed by atoms with van der Waals surface area (Å²) in [5.41, 5.74) is 0. The Labute approximate surface area is 124 Å². The van der Waals surface area contributed by atoms with Crippen molar-refractivity contribution in [3.05, 3.63) is 10.0 Å². The zero-order valence-electron chi connectivity index (χ0n) is 11.5. The van der Waals surface area contributed by atoms with Crippen LogP contribution in [0, 0.1) is 11.8 Å². The number of carbonyl (C=O) groups is 1. The Kier molecular flexibility index (Phi) is 6.16. The molecule has 1 aliphatic heterocycles. The van der Waals surface area contributed by atoms with Crippen molar-refractivity contribution in [3.63, 3.8) is 0 Å². The van der Waals surface area contributed by atoms with E-state index in [2.05, 4.69) is 34.7 Å². The number of halogens is 1. The van der Waals surface area contributed by atoms with Crippen LogP contribution in [0.1, 0.15) is 36.7 Å². The number of rotatable bonds is 5. The fourth-order valence-corrected chi connectivity index (χ4v) is 2.56. The molecule has 0 aliphatic carbocycles. The van der Waals surface area contributed by atoms with Crippen molar-refractivity contribution in [3.8, 4) is 0 Å². The molecule has 0 saturated carbocycles. The monoisotopic (exact) mass is 304 g/mol. The number of nitrogens with one attached hydrogen (secondary N) is 2. The first-order valence-electron chi connectivity index (χ1n) is 6.38. The molecule has 1 atom stereocenters. The van der Waals surface area contributed by atoms with E-state index in [9.17, 15) is 4.79 Å². The zero-order valence-corrected chi connectivity index (χ0v) is 13.1. The standard InChI is InChI=1S/C12H20N4OS.ClH/c1-7(2)12-16-15-10(18-12)6-14-11(17)8(3)9-4-13-5-9;/h7-9,13H,4-6H2,1-3H3,(H,14,17);1H. The third-order valence-corrected chi connectivity index (χ3v) is 4.55. The molecular formula is C12H21ClN4OS. The lowest BCUT2D eigenvalue weighted by atomic mass is 9.88. The smallest absolute Gasteiger partial charge is 0.223 e. The second kappa shape index (κ2) is 7.17. The lowest BCUT2D eigenvalue weighted by Crippen LogP contribution is -2.49. The van der Waals surface area contributed by atoms with E-state index in [0.29, 0.717) is 18.4 Å². The maximum Gasteiger partial charge on any atom is 0.223 e. The number of nitrogens with zero attached hydrogens (tertiary/aromatic N) is 2. The van der Waals surface area contributed by atoms with E-state index in [1.54, 1.807) is 11.3 Å². The van der Waals surface area contributed by atoms with Crippen LogP contribution in [0.2, 0.25) is 0 Å². The average Bonchev–Trinajstić information content (AvgIpc) is 2.72. The van der Waals surface area contributed by atoms with E-state index in [1.807, 2.05) is 6.92 Å². The van der Waals surface area contributed by atoms with Crippen molar-refractivity contribution in [2.24, 2.45) is 11.8 Å². The summed E-state index contributed by atoms with van der Waals surface area (Å²) in [7, 11) is 0. The molecule has 1 aromatic heterocycles. The normalized spacial score (nSPS) is 16.6. The van der Waals surface area contributed by atoms with Gasteiger partial charge in [-0.3, -0.25) is 4.79 Å². The van der Waals surface area contributed by atoms with E-state index in [4.69, 9.17) is 0 Å². The predicted molar refractivity (Wildman–Crippen MR) is 78.6 cm³/mol. The average molecular weight is 305 g/mol. The first kappa shape index (κ1) is 16.3. The predicted octanol–water partition coefficient (Wildman–Crippen LogP) is 1.55. The van der Waals surface area contributed by atoms with Gasteiger partial charge in [-0.25, -0.2) is 0 Å². The molecule has 0 spiro atoms. The van der Waals surface area contributed by atoms with Crippen LogP contribution in [0.15, 0.2) is 0 Å². The molecule has 0 radical (unpaired) electrons. The number of hydrogen-bond acceptors (Lipinski definition) is 5. The Morgan fingerprint density at radius 3 is 2.58 bits per heavy atom. The molecule has 1 fully saturated rings. The molecule has 19 heavy (non-hydrogen) atoms. The summed E-state index contributed by atoms with van der Waals surface area (Å²) in [4.78, 5) is 11.9. The lowest BCUT2D eigenvalue weighted by Gasteiger charge is -2.31. The SMILES string of the molecule is CC(C)c1nnc(CNC(=O)C(C)C2CNC2)s1.Cl. The van der Waals surface area contributed by atoms with Gasteiger partial charge in [-0.1, -0.05) is 32.1 Å². The highest BCUT2D eigenvalue weighted by Crippen LogP contribution is 2.19. The van der Waals surface area contributed by atoms with Gasteiger partial charge >= 0.3 is 0 Å². The number of amides is 1. The van der Waals surface area contributed by atoms with Gasteiger partial charge in [-0.15, -0.1) is 22.6 Å². The maximum atomic E-state index is 11.9. The van der Waals surface area contributed by atoms with E-state index < -0.39 is 0 Å². The molecule has 1 unspecified atom stereocenters. The minimum atomic E-state index is 0. The summed E-state index contributed by atoms with van der Waals surface area (Å²) in [5, 5.41) is 16.2. The van der Waals surface area contributed by atoms with Crippen LogP contribution < -0.4 is 10.6 Å². The summed E-state index contributed by atoms with van der Waals surface area (Å²) in [6.07, 6.45) is 0. The Morgan fingerprint density at radius 1 is 1.42 bits per heavy atom. The molecule has 1 aliphatic rings. The van der Waals surface area contributed by atoms with Gasteiger partial charge in [-0.05, 0) is 19.0 Å². The summed E-state index contributed by atoms with van der Waals surface area (Å²) in [6.45, 7) is 8.56. The Hall–Kier alpha value is -0.720. The second-order valence-corrected chi connectivity index (χ2v) is 6.21. The Bertz CT molecular complexity index is 420. The molecular weight excluding hydrogens is 284 g/mol. The molecule has 2 heterocycles. The molecule has 1 aromatic rings. The van der Waals surface area contributed by atoms with Gasteiger partial charge in [0.25, 0.3) is 0 Å². The van der Waals surface area contributed by atoms with Crippen LogP contribution in [0.4, 0.5) is 0 Å². The van der Waals surface area contributed by atoms with Crippen LogP contribution in [-0.4, -0.2) is 29.2 Å². The molecule has 1 amide bonds. The molecule has 2 N–H and O–H groups in total. The Balaban J connectivity index is 0.00000180. The fourth-order valence-electron chi connectivity index (χ4n) is 1.77. The summed E-state index contributed by atoms with van der Waals surface area (Å²) < 4.78 is 0. The number of carbonyl (C=O) groups excluding carboxylic acids is 1. The highest BCUT2D eigenvalue weighted by atomic mass is 35.5. The van der Waals surface area contributed by atoms with Gasteiger partial charge in [-0.2, -0.15) is 0 Å². The molecule has 108 valence electrons. The van der Waals surface area contributed by atoms with Crippen LogP contribution in [0.25, 0.3) is 0 Å². The first-order valence-corrected chi connectivity index (χ1v) is 7.20. The largest absolute Gasteiger partial charge is 0.349 e. The lowest BCUT2D eigenvalue weighted by molar-refractivity contribution is -0.126. The van der Waals surface area contributed by atoms with Crippen LogP contribution in [0.5, 0.6) is 0 Å². The van der Waals surface area contributed by atoms with Gasteiger partial charge in [0, 0.05) is 11.8 Å². The minimum Gasteiger partial charge on any atom is -0.349 e. The van der Waals surface area contributed by atoms with Gasteiger partial charge in [0.2, 0.25) is 5.91 Å². The van der Waals surface area contributed by atoms with Crippen molar-refractivity contribution >= 4 is 29.7 Å². The molecule has 2 rings (SSSR count). The van der Waals surface area contributed by atoms with Crippen molar-refractivity contribution in [1.82, 2.24) is 20.8 Å². The van der Waals surface area contributed by atoms with Crippen LogP contribution in [-0.2, 0) is 11.3 Å². The molecule has 7 heteroatoms. The topological polar surface area (TPSA) is 66.9 Å². The van der Waals surface area contributed by atoms with Crippen LogP contribution >= 0.6 is 23.7 Å². The van der Waals surface area contributed by atoms with Crippen molar-refractivity contribution in [1.29, 1.82) is 0 Å². The van der Waals surface area contributed by atoms with Crippen molar-refractivity contribution in [2.45, 2.75) is 33.2 Å². The summed E-state index contributed by atoms with van der Waals surface area (Å²) in [6, 6.07) is 0. The molecule has 0 aromatic carbocycles. The first-order chi connectivity index (χ1) is 8.58. The third kappa shape index (κ3) is 4.12. The summed E-state index contributed by atoms with van der Waals surface area (Å²) in [5.74, 6) is 1.06. The second-order valence-electron chi connectivity index (χ2n) is 5.11. The molecule has 5 nitrogen and oxygen atoms in total. The fraction of sp³-hybridized carbons (Fsp3) is 0.750. The van der Waals surface area contributed by atoms with Gasteiger partial charge in [0.15, 0.2) is 0 Å². The molecule has 1 saturated heterocycles. The van der Waals surface area contributed by atoms with E-state index >= 15 is 0 Å².